The van der Waals surface area contributed by atoms with Crippen molar-refractivity contribution in [3.05, 3.63) is 0 Å². The topological polar surface area (TPSA) is 29.3 Å². The van der Waals surface area contributed by atoms with Crippen LogP contribution in [0.1, 0.15) is 6.92 Å². The predicted octanol–water partition coefficient (Wildman–Crippen LogP) is 1.27. The van der Waals surface area contributed by atoms with E-state index in [1.807, 2.05) is 26.0 Å². The number of nitrogens with zero attached hydrogens (tertiary/aromatic N) is 1. The molecule has 2 nitrogen and oxygen atoms in total. The lowest BCUT2D eigenvalue weighted by molar-refractivity contribution is 0.505. The molecule has 0 bridgehead atoms. The lowest BCUT2D eigenvalue weighted by Crippen LogP contribution is -2.19. The number of alkyl halides is 2. The zero-order chi connectivity index (χ0) is 8.08. The molecule has 0 heterocycles. The highest BCUT2D eigenvalue weighted by atomic mass is 35.5. The van der Waals surface area contributed by atoms with Gasteiger partial charge in [-0.2, -0.15) is 0 Å². The first-order valence-electron chi connectivity index (χ1n) is 2.51. The molecule has 0 rings (SSSR count). The van der Waals surface area contributed by atoms with Gasteiger partial charge in [-0.15, -0.1) is 0 Å². The van der Waals surface area contributed by atoms with Crippen LogP contribution < -0.4 is 5.73 Å². The fraction of sp³-hybridized carbons (Fsp3) is 1.00. The number of nitrogens with two attached hydrogens (primary N) is 1. The van der Waals surface area contributed by atoms with E-state index in [-0.39, 0.29) is 0 Å². The zero-order valence-corrected chi connectivity index (χ0v) is 7.79. The number of hydrogen-bond donors (Lipinski definition) is 1. The fourth-order valence-electron chi connectivity index (χ4n) is 0. The Hall–Kier alpha value is 0.500. The monoisotopic (exact) mass is 172 g/mol. The van der Waals surface area contributed by atoms with Crippen LogP contribution in [0.4, 0.5) is 0 Å². The van der Waals surface area contributed by atoms with Crippen LogP contribution in [0.2, 0.25) is 0 Å². The zero-order valence-electron chi connectivity index (χ0n) is 6.28. The Labute approximate surface area is 66.9 Å². The van der Waals surface area contributed by atoms with E-state index in [0.29, 0.717) is 0 Å². The summed E-state index contributed by atoms with van der Waals surface area (Å²) in [6.07, 6.45) is 0. The second kappa shape index (κ2) is 5.30. The van der Waals surface area contributed by atoms with Crippen molar-refractivity contribution in [2.24, 2.45) is 5.73 Å². The maximum atomic E-state index is 5.07. The summed E-state index contributed by atoms with van der Waals surface area (Å²) >= 11 is 10.1. The Kier molecular flexibility index (Phi) is 7.18. The molecule has 0 amide bonds. The molecule has 0 aromatic heterocycles. The molecular formula is C5H14Cl2N2. The predicted molar refractivity (Wildman–Crippen MR) is 43.9 cm³/mol. The number of halogens is 2. The van der Waals surface area contributed by atoms with E-state index in [0.717, 1.165) is 0 Å². The molecule has 0 aromatic rings. The summed E-state index contributed by atoms with van der Waals surface area (Å²) in [4.78, 5) is 2.00. The maximum Gasteiger partial charge on any atom is 0.163 e. The third kappa shape index (κ3) is 1440. The Balaban J connectivity index is 0. The van der Waals surface area contributed by atoms with Crippen molar-refractivity contribution in [3.63, 3.8) is 0 Å². The van der Waals surface area contributed by atoms with Gasteiger partial charge in [0.25, 0.3) is 0 Å². The number of rotatable bonds is 0. The molecule has 58 valence electrons. The number of hydrogen-bond acceptors (Lipinski definition) is 2. The molecule has 0 atom stereocenters. The Morgan fingerprint density at radius 1 is 1.22 bits per heavy atom. The van der Waals surface area contributed by atoms with E-state index >= 15 is 0 Å². The quantitative estimate of drug-likeness (QED) is 0.441. The van der Waals surface area contributed by atoms with Crippen LogP contribution in [-0.4, -0.2) is 30.5 Å². The highest BCUT2D eigenvalue weighted by Crippen LogP contribution is 2.08. The summed E-state index contributed by atoms with van der Waals surface area (Å²) in [6.45, 7) is 1.50. The summed E-state index contributed by atoms with van der Waals surface area (Å²) in [5.74, 6) is 0. The van der Waals surface area contributed by atoms with Gasteiger partial charge < -0.3 is 10.6 Å². The molecule has 0 radical (unpaired) electrons. The molecule has 0 fully saturated rings. The van der Waals surface area contributed by atoms with Crippen molar-refractivity contribution in [2.45, 2.75) is 11.4 Å². The van der Waals surface area contributed by atoms with Gasteiger partial charge in [-0.05, 0) is 28.1 Å². The minimum absolute atomic E-state index is 1.06. The van der Waals surface area contributed by atoms with Gasteiger partial charge >= 0.3 is 0 Å². The molecule has 9 heavy (non-hydrogen) atoms. The van der Waals surface area contributed by atoms with Gasteiger partial charge in [0.15, 0.2) is 4.46 Å². The van der Waals surface area contributed by atoms with Crippen LogP contribution in [0.15, 0.2) is 0 Å². The Morgan fingerprint density at radius 2 is 1.22 bits per heavy atom. The first-order valence-corrected chi connectivity index (χ1v) is 3.26. The lowest BCUT2D eigenvalue weighted by atomic mass is 10.8. The second-order valence-corrected chi connectivity index (χ2v) is 4.06. The van der Waals surface area contributed by atoms with Crippen molar-refractivity contribution in [1.29, 1.82) is 0 Å². The van der Waals surface area contributed by atoms with Crippen LogP contribution >= 0.6 is 23.2 Å². The van der Waals surface area contributed by atoms with Gasteiger partial charge in [0.1, 0.15) is 0 Å². The lowest BCUT2D eigenvalue weighted by Gasteiger charge is -1.99. The van der Waals surface area contributed by atoms with Gasteiger partial charge in [0.2, 0.25) is 0 Å². The molecule has 4 heteroatoms. The standard InChI is InChI=1S/C3H9N.C2H5Cl2N/c1-4(2)3;1-2(3,4)5/h1-3H3;5H2,1H3. The van der Waals surface area contributed by atoms with Crippen molar-refractivity contribution < 1.29 is 0 Å². The fourth-order valence-corrected chi connectivity index (χ4v) is 0. The Morgan fingerprint density at radius 3 is 1.22 bits per heavy atom. The van der Waals surface area contributed by atoms with Gasteiger partial charge in [-0.3, -0.25) is 0 Å². The minimum Gasteiger partial charge on any atom is -0.312 e. The maximum absolute atomic E-state index is 5.07. The molecular weight excluding hydrogens is 159 g/mol. The second-order valence-electron chi connectivity index (χ2n) is 2.30. The van der Waals surface area contributed by atoms with Gasteiger partial charge in [-0.1, -0.05) is 23.2 Å². The summed E-state index contributed by atoms with van der Waals surface area (Å²) in [5.41, 5.74) is 4.89. The molecule has 0 saturated heterocycles. The molecule has 0 unspecified atom stereocenters. The van der Waals surface area contributed by atoms with Crippen LogP contribution in [0.25, 0.3) is 0 Å². The first-order chi connectivity index (χ1) is 3.73. The highest BCUT2D eigenvalue weighted by Gasteiger charge is 2.03. The highest BCUT2D eigenvalue weighted by molar-refractivity contribution is 6.47. The molecule has 0 aliphatic rings. The molecule has 0 spiro atoms. The molecule has 0 aliphatic carbocycles. The SMILES string of the molecule is CC(N)(Cl)Cl.CN(C)C. The van der Waals surface area contributed by atoms with Gasteiger partial charge in [0, 0.05) is 0 Å². The van der Waals surface area contributed by atoms with E-state index in [2.05, 4.69) is 0 Å². The summed E-state index contributed by atoms with van der Waals surface area (Å²) in [5, 5.41) is 0. The third-order valence-electron chi connectivity index (χ3n) is 0. The van der Waals surface area contributed by atoms with Crippen molar-refractivity contribution in [1.82, 2.24) is 4.90 Å². The third-order valence-corrected chi connectivity index (χ3v) is 0. The molecule has 0 aliphatic heterocycles. The van der Waals surface area contributed by atoms with E-state index in [9.17, 15) is 0 Å². The summed E-state index contributed by atoms with van der Waals surface area (Å²) < 4.78 is -1.06. The van der Waals surface area contributed by atoms with Crippen LogP contribution in [-0.2, 0) is 0 Å². The van der Waals surface area contributed by atoms with Crippen LogP contribution in [0, 0.1) is 0 Å². The smallest absolute Gasteiger partial charge is 0.163 e. The summed E-state index contributed by atoms with van der Waals surface area (Å²) in [6, 6.07) is 0. The van der Waals surface area contributed by atoms with E-state index in [1.165, 1.54) is 6.92 Å². The van der Waals surface area contributed by atoms with Crippen molar-refractivity contribution in [3.8, 4) is 0 Å². The van der Waals surface area contributed by atoms with Gasteiger partial charge in [-0.25, -0.2) is 0 Å². The van der Waals surface area contributed by atoms with Crippen LogP contribution in [0.5, 0.6) is 0 Å². The van der Waals surface area contributed by atoms with Crippen molar-refractivity contribution >= 4 is 23.2 Å². The van der Waals surface area contributed by atoms with Gasteiger partial charge in [0.05, 0.1) is 0 Å². The molecule has 2 N–H and O–H groups in total. The molecule has 0 aromatic carbocycles. The van der Waals surface area contributed by atoms with Crippen molar-refractivity contribution in [2.75, 3.05) is 21.1 Å². The average molecular weight is 173 g/mol. The molecule has 0 saturated carbocycles. The minimum atomic E-state index is -1.06. The van der Waals surface area contributed by atoms with E-state index in [1.54, 1.807) is 0 Å². The summed E-state index contributed by atoms with van der Waals surface area (Å²) in [7, 11) is 6.00. The van der Waals surface area contributed by atoms with E-state index < -0.39 is 4.46 Å². The Bertz CT molecular complexity index is 49.7. The largest absolute Gasteiger partial charge is 0.312 e. The average Bonchev–Trinajstić information content (AvgIpc) is 1.19. The normalized spacial score (nSPS) is 10.7. The first kappa shape index (κ1) is 12.2. The van der Waals surface area contributed by atoms with E-state index in [4.69, 9.17) is 28.9 Å². The van der Waals surface area contributed by atoms with Crippen LogP contribution in [0.3, 0.4) is 0 Å².